The van der Waals surface area contributed by atoms with Gasteiger partial charge in [0.15, 0.2) is 11.5 Å². The van der Waals surface area contributed by atoms with Crippen molar-refractivity contribution in [3.8, 4) is 11.5 Å². The first kappa shape index (κ1) is 14.1. The predicted octanol–water partition coefficient (Wildman–Crippen LogP) is 3.25. The number of hydrogen-bond donors (Lipinski definition) is 1. The van der Waals surface area contributed by atoms with E-state index in [9.17, 15) is 4.79 Å². The van der Waals surface area contributed by atoms with Crippen molar-refractivity contribution in [3.63, 3.8) is 0 Å². The van der Waals surface area contributed by atoms with E-state index in [2.05, 4.69) is 13.8 Å². The Hall–Kier alpha value is -1.36. The minimum Gasteiger partial charge on any atom is -0.481 e. The van der Waals surface area contributed by atoms with Gasteiger partial charge in [0.2, 0.25) is 6.79 Å². The molecule has 1 aromatic carbocycles. The third-order valence-corrected chi connectivity index (χ3v) is 4.54. The van der Waals surface area contributed by atoms with Gasteiger partial charge < -0.3 is 14.6 Å². The molecule has 19 heavy (non-hydrogen) atoms. The van der Waals surface area contributed by atoms with E-state index in [1.54, 1.807) is 0 Å². The van der Waals surface area contributed by atoms with Crippen molar-refractivity contribution in [2.24, 2.45) is 0 Å². The van der Waals surface area contributed by atoms with Gasteiger partial charge in [0, 0.05) is 5.25 Å². The molecule has 1 aliphatic rings. The second-order valence-corrected chi connectivity index (χ2v) is 5.55. The summed E-state index contributed by atoms with van der Waals surface area (Å²) in [6.07, 6.45) is 1.79. The number of rotatable bonds is 6. The molecular weight excluding hydrogens is 264 g/mol. The van der Waals surface area contributed by atoms with Crippen LogP contribution >= 0.6 is 11.8 Å². The van der Waals surface area contributed by atoms with Gasteiger partial charge in [0.05, 0.1) is 5.75 Å². The van der Waals surface area contributed by atoms with Gasteiger partial charge >= 0.3 is 5.97 Å². The summed E-state index contributed by atoms with van der Waals surface area (Å²) in [6, 6.07) is 4.02. The number of aryl methyl sites for hydroxylation is 1. The molecule has 1 unspecified atom stereocenters. The van der Waals surface area contributed by atoms with E-state index in [-0.39, 0.29) is 17.8 Å². The van der Waals surface area contributed by atoms with Gasteiger partial charge in [0.25, 0.3) is 0 Å². The SMILES string of the molecule is CCc1cc2c(cc1C(CC)SCC(=O)O)OCO2. The van der Waals surface area contributed by atoms with Crippen LogP contribution in [0.15, 0.2) is 12.1 Å². The van der Waals surface area contributed by atoms with Crippen molar-refractivity contribution in [3.05, 3.63) is 23.3 Å². The molecule has 0 saturated carbocycles. The number of fused-ring (bicyclic) bond motifs is 1. The predicted molar refractivity (Wildman–Crippen MR) is 75.1 cm³/mol. The van der Waals surface area contributed by atoms with Crippen molar-refractivity contribution in [2.75, 3.05) is 12.5 Å². The van der Waals surface area contributed by atoms with Gasteiger partial charge in [-0.15, -0.1) is 11.8 Å². The molecule has 1 atom stereocenters. The highest BCUT2D eigenvalue weighted by atomic mass is 32.2. The molecule has 1 aromatic rings. The minimum atomic E-state index is -0.776. The van der Waals surface area contributed by atoms with E-state index >= 15 is 0 Å². The molecule has 0 spiro atoms. The smallest absolute Gasteiger partial charge is 0.313 e. The quantitative estimate of drug-likeness (QED) is 0.868. The van der Waals surface area contributed by atoms with E-state index in [1.807, 2.05) is 12.1 Å². The summed E-state index contributed by atoms with van der Waals surface area (Å²) in [5.74, 6) is 0.901. The maximum atomic E-state index is 10.7. The number of benzene rings is 1. The maximum Gasteiger partial charge on any atom is 0.313 e. The molecule has 0 bridgehead atoms. The number of carbonyl (C=O) groups is 1. The third-order valence-electron chi connectivity index (χ3n) is 3.14. The van der Waals surface area contributed by atoms with E-state index in [1.165, 1.54) is 22.9 Å². The fourth-order valence-electron chi connectivity index (χ4n) is 2.21. The average Bonchev–Trinajstić information content (AvgIpc) is 2.85. The molecule has 0 aromatic heterocycles. The molecular formula is C14H18O4S. The molecule has 0 fully saturated rings. The Kier molecular flexibility index (Phi) is 4.58. The van der Waals surface area contributed by atoms with Gasteiger partial charge in [-0.05, 0) is 36.1 Å². The van der Waals surface area contributed by atoms with Crippen LogP contribution in [-0.4, -0.2) is 23.6 Å². The highest BCUT2D eigenvalue weighted by molar-refractivity contribution is 8.00. The highest BCUT2D eigenvalue weighted by Gasteiger charge is 2.21. The lowest BCUT2D eigenvalue weighted by atomic mass is 10.00. The van der Waals surface area contributed by atoms with Gasteiger partial charge in [-0.2, -0.15) is 0 Å². The van der Waals surface area contributed by atoms with Crippen molar-refractivity contribution < 1.29 is 19.4 Å². The first-order valence-corrected chi connectivity index (χ1v) is 7.46. The van der Waals surface area contributed by atoms with Crippen LogP contribution in [-0.2, 0) is 11.2 Å². The Morgan fingerprint density at radius 3 is 2.63 bits per heavy atom. The van der Waals surface area contributed by atoms with Gasteiger partial charge in [-0.3, -0.25) is 4.79 Å². The molecule has 0 saturated heterocycles. The number of hydrogen-bond acceptors (Lipinski definition) is 4. The summed E-state index contributed by atoms with van der Waals surface area (Å²) in [5, 5.41) is 9.00. The fourth-order valence-corrected chi connectivity index (χ4v) is 3.18. The van der Waals surface area contributed by atoms with E-state index in [0.717, 1.165) is 24.3 Å². The van der Waals surface area contributed by atoms with Crippen molar-refractivity contribution in [1.82, 2.24) is 0 Å². The van der Waals surface area contributed by atoms with Gasteiger partial charge in [-0.25, -0.2) is 0 Å². The lowest BCUT2D eigenvalue weighted by Gasteiger charge is -2.18. The summed E-state index contributed by atoms with van der Waals surface area (Å²) in [5.41, 5.74) is 2.37. The molecule has 0 amide bonds. The zero-order chi connectivity index (χ0) is 13.8. The number of thioether (sulfide) groups is 1. The summed E-state index contributed by atoms with van der Waals surface area (Å²) < 4.78 is 10.8. The largest absolute Gasteiger partial charge is 0.481 e. The van der Waals surface area contributed by atoms with Gasteiger partial charge in [-0.1, -0.05) is 13.8 Å². The normalized spacial score (nSPS) is 14.4. The zero-order valence-electron chi connectivity index (χ0n) is 11.1. The topological polar surface area (TPSA) is 55.8 Å². The Bertz CT molecular complexity index is 473. The fraction of sp³-hybridized carbons (Fsp3) is 0.500. The van der Waals surface area contributed by atoms with Crippen LogP contribution in [0.1, 0.15) is 36.6 Å². The molecule has 0 radical (unpaired) electrons. The van der Waals surface area contributed by atoms with Crippen molar-refractivity contribution in [2.45, 2.75) is 31.9 Å². The van der Waals surface area contributed by atoms with Crippen LogP contribution in [0.2, 0.25) is 0 Å². The summed E-state index contributed by atoms with van der Waals surface area (Å²) >= 11 is 1.46. The number of carboxylic acid groups (broad SMARTS) is 1. The number of carboxylic acids is 1. The molecule has 104 valence electrons. The molecule has 4 nitrogen and oxygen atoms in total. The van der Waals surface area contributed by atoms with Gasteiger partial charge in [0.1, 0.15) is 0 Å². The number of aliphatic carboxylic acids is 1. The molecule has 1 heterocycles. The van der Waals surface area contributed by atoms with Crippen molar-refractivity contribution in [1.29, 1.82) is 0 Å². The molecule has 1 aliphatic heterocycles. The van der Waals surface area contributed by atoms with Crippen molar-refractivity contribution >= 4 is 17.7 Å². The summed E-state index contributed by atoms with van der Waals surface area (Å²) in [6.45, 7) is 4.43. The van der Waals surface area contributed by atoms with Crippen LogP contribution in [0.4, 0.5) is 0 Å². The molecule has 0 aliphatic carbocycles. The Morgan fingerprint density at radius 2 is 2.05 bits per heavy atom. The summed E-state index contributed by atoms with van der Waals surface area (Å²) in [4.78, 5) is 10.7. The average molecular weight is 282 g/mol. The molecule has 5 heteroatoms. The lowest BCUT2D eigenvalue weighted by molar-refractivity contribution is -0.133. The molecule has 2 rings (SSSR count). The van der Waals surface area contributed by atoms with Crippen LogP contribution in [0, 0.1) is 0 Å². The van der Waals surface area contributed by atoms with Crippen LogP contribution < -0.4 is 9.47 Å². The first-order chi connectivity index (χ1) is 9.15. The standard InChI is InChI=1S/C14H18O4S/c1-3-9-5-11-12(18-8-17-11)6-10(9)13(4-2)19-7-14(15)16/h5-6,13H,3-4,7-8H2,1-2H3,(H,15,16). The van der Waals surface area contributed by atoms with E-state index < -0.39 is 5.97 Å². The summed E-state index contributed by atoms with van der Waals surface area (Å²) in [7, 11) is 0. The zero-order valence-corrected chi connectivity index (χ0v) is 12.0. The van der Waals surface area contributed by atoms with E-state index in [4.69, 9.17) is 14.6 Å². The third kappa shape index (κ3) is 3.15. The van der Waals surface area contributed by atoms with Crippen LogP contribution in [0.25, 0.3) is 0 Å². The first-order valence-electron chi connectivity index (χ1n) is 6.41. The molecule has 1 N–H and O–H groups in total. The second kappa shape index (κ2) is 6.19. The Labute approximate surface area is 117 Å². The maximum absolute atomic E-state index is 10.7. The Balaban J connectivity index is 2.27. The van der Waals surface area contributed by atoms with Crippen LogP contribution in [0.5, 0.6) is 11.5 Å². The minimum absolute atomic E-state index is 0.121. The Morgan fingerprint density at radius 1 is 1.37 bits per heavy atom. The monoisotopic (exact) mass is 282 g/mol. The van der Waals surface area contributed by atoms with Crippen LogP contribution in [0.3, 0.4) is 0 Å². The lowest BCUT2D eigenvalue weighted by Crippen LogP contribution is -2.04. The van der Waals surface area contributed by atoms with E-state index in [0.29, 0.717) is 0 Å². The highest BCUT2D eigenvalue weighted by Crippen LogP contribution is 2.41. The second-order valence-electron chi connectivity index (χ2n) is 4.36. The number of ether oxygens (including phenoxy) is 2.